The maximum Gasteiger partial charge on any atom is 0.221 e. The summed E-state index contributed by atoms with van der Waals surface area (Å²) in [6, 6.07) is 0. The predicted molar refractivity (Wildman–Crippen MR) is 49.0 cm³/mol. The van der Waals surface area contributed by atoms with Gasteiger partial charge in [-0.25, -0.2) is 0 Å². The number of nitrogens with zero attached hydrogens (tertiary/aromatic N) is 1. The van der Waals surface area contributed by atoms with Gasteiger partial charge >= 0.3 is 0 Å². The van der Waals surface area contributed by atoms with Crippen LogP contribution in [0.15, 0.2) is 0 Å². The van der Waals surface area contributed by atoms with Crippen LogP contribution in [0.1, 0.15) is 19.8 Å². The maximum atomic E-state index is 10.9. The van der Waals surface area contributed by atoms with Crippen LogP contribution in [0.5, 0.6) is 0 Å². The Morgan fingerprint density at radius 2 is 2.23 bits per heavy atom. The van der Waals surface area contributed by atoms with E-state index in [-0.39, 0.29) is 17.6 Å². The Morgan fingerprint density at radius 3 is 2.77 bits per heavy atom. The number of carbonyl (C=O) groups is 2. The normalized spacial score (nSPS) is 24.2. The number of nitrogens with two attached hydrogens (primary N) is 1. The largest absolute Gasteiger partial charge is 0.369 e. The molecule has 4 nitrogen and oxygen atoms in total. The molecular formula is C9H16N2O2. The van der Waals surface area contributed by atoms with Crippen molar-refractivity contribution in [3.63, 3.8) is 0 Å². The fraction of sp³-hybridized carbons (Fsp3) is 0.778. The van der Waals surface area contributed by atoms with Gasteiger partial charge in [-0.3, -0.25) is 14.5 Å². The van der Waals surface area contributed by atoms with E-state index in [1.807, 2.05) is 4.90 Å². The van der Waals surface area contributed by atoms with Gasteiger partial charge in [-0.2, -0.15) is 0 Å². The summed E-state index contributed by atoms with van der Waals surface area (Å²) in [6.45, 7) is 3.57. The Hall–Kier alpha value is -0.900. The first kappa shape index (κ1) is 10.2. The van der Waals surface area contributed by atoms with Gasteiger partial charge < -0.3 is 5.73 Å². The number of piperidine rings is 1. The van der Waals surface area contributed by atoms with E-state index in [0.717, 1.165) is 19.4 Å². The zero-order valence-corrected chi connectivity index (χ0v) is 7.95. The summed E-state index contributed by atoms with van der Waals surface area (Å²) in [5.74, 6) is -0.161. The van der Waals surface area contributed by atoms with E-state index in [2.05, 4.69) is 0 Å². The molecule has 1 aliphatic heterocycles. The van der Waals surface area contributed by atoms with Gasteiger partial charge in [0.2, 0.25) is 5.91 Å². The third kappa shape index (κ3) is 3.14. The molecule has 1 aliphatic rings. The smallest absolute Gasteiger partial charge is 0.221 e. The molecule has 1 amide bonds. The fourth-order valence-corrected chi connectivity index (χ4v) is 1.75. The predicted octanol–water partition coefficient (Wildman–Crippen LogP) is -0.227. The van der Waals surface area contributed by atoms with E-state index < -0.39 is 0 Å². The van der Waals surface area contributed by atoms with Gasteiger partial charge in [0.15, 0.2) is 0 Å². The summed E-state index contributed by atoms with van der Waals surface area (Å²) in [7, 11) is 0. The van der Waals surface area contributed by atoms with Crippen LogP contribution in [0.2, 0.25) is 0 Å². The minimum absolute atomic E-state index is 0.0619. The van der Waals surface area contributed by atoms with Crippen molar-refractivity contribution in [2.24, 2.45) is 11.7 Å². The number of carbonyl (C=O) groups excluding carboxylic acids is 2. The highest BCUT2D eigenvalue weighted by Crippen LogP contribution is 2.15. The van der Waals surface area contributed by atoms with Crippen LogP contribution in [-0.4, -0.2) is 36.2 Å². The van der Waals surface area contributed by atoms with E-state index in [1.54, 1.807) is 6.92 Å². The number of amides is 1. The first-order chi connectivity index (χ1) is 6.09. The highest BCUT2D eigenvalue weighted by atomic mass is 16.1. The lowest BCUT2D eigenvalue weighted by molar-refractivity contribution is -0.125. The third-order valence-corrected chi connectivity index (χ3v) is 2.35. The van der Waals surface area contributed by atoms with Crippen LogP contribution >= 0.6 is 0 Å². The minimum Gasteiger partial charge on any atom is -0.369 e. The first-order valence-electron chi connectivity index (χ1n) is 4.60. The van der Waals surface area contributed by atoms with E-state index in [0.29, 0.717) is 13.1 Å². The molecule has 1 heterocycles. The number of hydrogen-bond donors (Lipinski definition) is 1. The number of primary amides is 1. The quantitative estimate of drug-likeness (QED) is 0.659. The number of Topliss-reactive ketones (excluding diaryl/α,β-unsaturated/α-hetero) is 1. The molecule has 0 spiro atoms. The van der Waals surface area contributed by atoms with Crippen molar-refractivity contribution >= 4 is 11.7 Å². The molecule has 13 heavy (non-hydrogen) atoms. The lowest BCUT2D eigenvalue weighted by atomic mass is 9.97. The van der Waals surface area contributed by atoms with Crippen molar-refractivity contribution in [3.8, 4) is 0 Å². The summed E-state index contributed by atoms with van der Waals surface area (Å²) in [4.78, 5) is 23.7. The van der Waals surface area contributed by atoms with E-state index in [1.165, 1.54) is 0 Å². The van der Waals surface area contributed by atoms with Crippen molar-refractivity contribution in [3.05, 3.63) is 0 Å². The summed E-state index contributed by atoms with van der Waals surface area (Å²) in [5.41, 5.74) is 5.21. The van der Waals surface area contributed by atoms with Gasteiger partial charge in [0.25, 0.3) is 0 Å². The van der Waals surface area contributed by atoms with Gasteiger partial charge in [-0.1, -0.05) is 0 Å². The van der Waals surface area contributed by atoms with Gasteiger partial charge in [0, 0.05) is 6.54 Å². The Bertz CT molecular complexity index is 216. The molecule has 0 aromatic heterocycles. The van der Waals surface area contributed by atoms with Gasteiger partial charge in [-0.05, 0) is 26.3 Å². The molecule has 0 aromatic rings. The lowest BCUT2D eigenvalue weighted by Gasteiger charge is -2.30. The topological polar surface area (TPSA) is 63.4 Å². The van der Waals surface area contributed by atoms with E-state index >= 15 is 0 Å². The molecule has 0 bridgehead atoms. The van der Waals surface area contributed by atoms with Crippen LogP contribution in [0.4, 0.5) is 0 Å². The van der Waals surface area contributed by atoms with E-state index in [9.17, 15) is 9.59 Å². The second-order valence-electron chi connectivity index (χ2n) is 3.68. The van der Waals surface area contributed by atoms with Crippen LogP contribution in [0, 0.1) is 5.92 Å². The van der Waals surface area contributed by atoms with Gasteiger partial charge in [0.05, 0.1) is 12.5 Å². The number of ketones is 1. The highest BCUT2D eigenvalue weighted by molar-refractivity contribution is 5.78. The second-order valence-corrected chi connectivity index (χ2v) is 3.68. The molecule has 1 saturated heterocycles. The van der Waals surface area contributed by atoms with Crippen molar-refractivity contribution in [1.82, 2.24) is 4.90 Å². The molecule has 0 radical (unpaired) electrons. The molecule has 0 aliphatic carbocycles. The Balaban J connectivity index is 2.41. The maximum absolute atomic E-state index is 10.9. The number of likely N-dealkylation sites (tertiary alicyclic amines) is 1. The van der Waals surface area contributed by atoms with Gasteiger partial charge in [-0.15, -0.1) is 0 Å². The van der Waals surface area contributed by atoms with Crippen molar-refractivity contribution in [2.75, 3.05) is 19.6 Å². The molecule has 0 aromatic carbocycles. The first-order valence-corrected chi connectivity index (χ1v) is 4.60. The molecule has 4 heteroatoms. The summed E-state index contributed by atoms with van der Waals surface area (Å²) >= 11 is 0. The number of hydrogen-bond acceptors (Lipinski definition) is 3. The van der Waals surface area contributed by atoms with E-state index in [4.69, 9.17) is 5.73 Å². The zero-order valence-electron chi connectivity index (χ0n) is 7.95. The average Bonchev–Trinajstić information content (AvgIpc) is 2.03. The third-order valence-electron chi connectivity index (χ3n) is 2.35. The molecular weight excluding hydrogens is 168 g/mol. The zero-order chi connectivity index (χ0) is 9.84. The molecule has 2 N–H and O–H groups in total. The van der Waals surface area contributed by atoms with Crippen molar-refractivity contribution in [2.45, 2.75) is 19.8 Å². The lowest BCUT2D eigenvalue weighted by Crippen LogP contribution is -2.42. The Morgan fingerprint density at radius 1 is 1.54 bits per heavy atom. The fourth-order valence-electron chi connectivity index (χ4n) is 1.75. The Labute approximate surface area is 78.1 Å². The summed E-state index contributed by atoms with van der Waals surface area (Å²) in [5, 5.41) is 0. The monoisotopic (exact) mass is 184 g/mol. The average molecular weight is 184 g/mol. The second kappa shape index (κ2) is 4.37. The molecule has 1 rings (SSSR count). The van der Waals surface area contributed by atoms with Crippen molar-refractivity contribution in [1.29, 1.82) is 0 Å². The highest BCUT2D eigenvalue weighted by Gasteiger charge is 2.24. The molecule has 1 atom stereocenters. The van der Waals surface area contributed by atoms with Crippen LogP contribution < -0.4 is 5.73 Å². The Kier molecular flexibility index (Phi) is 3.42. The van der Waals surface area contributed by atoms with Crippen LogP contribution in [0.25, 0.3) is 0 Å². The van der Waals surface area contributed by atoms with Crippen LogP contribution in [-0.2, 0) is 9.59 Å². The van der Waals surface area contributed by atoms with Crippen molar-refractivity contribution < 1.29 is 9.59 Å². The van der Waals surface area contributed by atoms with Gasteiger partial charge in [0.1, 0.15) is 5.78 Å². The minimum atomic E-state index is -0.242. The van der Waals surface area contributed by atoms with Crippen LogP contribution in [0.3, 0.4) is 0 Å². The summed E-state index contributed by atoms with van der Waals surface area (Å²) < 4.78 is 0. The molecule has 74 valence electrons. The summed E-state index contributed by atoms with van der Waals surface area (Å²) in [6.07, 6.45) is 1.82. The molecule has 1 fully saturated rings. The standard InChI is InChI=1S/C9H16N2O2/c1-7(12)5-11-4-2-3-8(6-11)9(10)13/h8H,2-6H2,1H3,(H2,10,13)/t8-/m1/s1. The SMILES string of the molecule is CC(=O)CN1CCC[C@@H](C(N)=O)C1. The number of rotatable bonds is 3. The molecule has 0 unspecified atom stereocenters. The molecule has 0 saturated carbocycles.